The van der Waals surface area contributed by atoms with Gasteiger partial charge in [-0.1, -0.05) is 0 Å². The zero-order valence-corrected chi connectivity index (χ0v) is 10.6. The van der Waals surface area contributed by atoms with Crippen LogP contribution in [0, 0.1) is 0 Å². The number of benzene rings is 1. The Labute approximate surface area is 98.2 Å². The van der Waals surface area contributed by atoms with Gasteiger partial charge in [-0.25, -0.2) is 0 Å². The van der Waals surface area contributed by atoms with Crippen LogP contribution in [0.3, 0.4) is 0 Å². The molecule has 1 aromatic carbocycles. The van der Waals surface area contributed by atoms with E-state index in [9.17, 15) is 0 Å². The number of hydrogen-bond acceptors (Lipinski definition) is 3. The fourth-order valence-electron chi connectivity index (χ4n) is 1.44. The average Bonchev–Trinajstić information content (AvgIpc) is 2.27. The smallest absolute Gasteiger partial charge is 0.119 e. The number of ether oxygens (including phenoxy) is 1. The van der Waals surface area contributed by atoms with E-state index >= 15 is 0 Å². The maximum Gasteiger partial charge on any atom is 0.119 e. The fourth-order valence-corrected chi connectivity index (χ4v) is 1.44. The first kappa shape index (κ1) is 12.8. The van der Waals surface area contributed by atoms with Crippen LogP contribution in [0.5, 0.6) is 5.75 Å². The molecule has 0 aromatic heterocycles. The van der Waals surface area contributed by atoms with E-state index in [0.29, 0.717) is 12.6 Å². The van der Waals surface area contributed by atoms with E-state index < -0.39 is 0 Å². The van der Waals surface area contributed by atoms with Crippen molar-refractivity contribution in [3.63, 3.8) is 0 Å². The molecular weight excluding hydrogens is 200 g/mol. The van der Waals surface area contributed by atoms with E-state index in [2.05, 4.69) is 31.0 Å². The summed E-state index contributed by atoms with van der Waals surface area (Å²) in [5.41, 5.74) is 6.80. The zero-order chi connectivity index (χ0) is 12.1. The Hall–Kier alpha value is -1.22. The molecule has 0 aliphatic rings. The van der Waals surface area contributed by atoms with Gasteiger partial charge in [-0.05, 0) is 45.0 Å². The summed E-state index contributed by atoms with van der Waals surface area (Å²) in [5, 5.41) is 0. The number of nitrogens with two attached hydrogens (primary N) is 1. The normalized spacial score (nSPS) is 12.6. The van der Waals surface area contributed by atoms with E-state index in [4.69, 9.17) is 10.5 Å². The summed E-state index contributed by atoms with van der Waals surface area (Å²) in [7, 11) is 2.05. The Morgan fingerprint density at radius 3 is 2.19 bits per heavy atom. The molecule has 3 heteroatoms. The van der Waals surface area contributed by atoms with Gasteiger partial charge < -0.3 is 15.4 Å². The molecule has 0 saturated carbocycles. The quantitative estimate of drug-likeness (QED) is 0.830. The van der Waals surface area contributed by atoms with E-state index in [0.717, 1.165) is 11.4 Å². The molecule has 2 N–H and O–H groups in total. The van der Waals surface area contributed by atoms with Gasteiger partial charge in [-0.3, -0.25) is 0 Å². The first-order valence-electron chi connectivity index (χ1n) is 5.74. The molecule has 1 rings (SSSR count). The molecule has 0 bridgehead atoms. The molecule has 3 nitrogen and oxygen atoms in total. The fraction of sp³-hybridized carbons (Fsp3) is 0.538. The second-order valence-corrected chi connectivity index (χ2v) is 4.36. The van der Waals surface area contributed by atoms with Gasteiger partial charge in [-0.15, -0.1) is 0 Å². The number of rotatable bonds is 5. The van der Waals surface area contributed by atoms with Crippen molar-refractivity contribution in [3.05, 3.63) is 24.3 Å². The molecule has 90 valence electrons. The zero-order valence-electron chi connectivity index (χ0n) is 10.6. The Morgan fingerprint density at radius 1 is 1.19 bits per heavy atom. The minimum Gasteiger partial charge on any atom is -0.491 e. The van der Waals surface area contributed by atoms with Gasteiger partial charge in [0, 0.05) is 25.3 Å². The summed E-state index contributed by atoms with van der Waals surface area (Å²) in [5.74, 6) is 0.910. The molecule has 0 radical (unpaired) electrons. The van der Waals surface area contributed by atoms with Gasteiger partial charge in [0.2, 0.25) is 0 Å². The van der Waals surface area contributed by atoms with E-state index in [-0.39, 0.29) is 6.10 Å². The van der Waals surface area contributed by atoms with Gasteiger partial charge in [0.05, 0.1) is 6.10 Å². The summed E-state index contributed by atoms with van der Waals surface area (Å²) < 4.78 is 5.59. The second kappa shape index (κ2) is 5.75. The molecule has 0 amide bonds. The largest absolute Gasteiger partial charge is 0.491 e. The molecule has 0 aliphatic heterocycles. The van der Waals surface area contributed by atoms with Crippen LogP contribution in [0.1, 0.15) is 20.8 Å². The maximum absolute atomic E-state index is 5.64. The molecule has 1 atom stereocenters. The third-order valence-electron chi connectivity index (χ3n) is 2.62. The lowest BCUT2D eigenvalue weighted by Crippen LogP contribution is -2.35. The van der Waals surface area contributed by atoms with Crippen LogP contribution in [-0.2, 0) is 0 Å². The van der Waals surface area contributed by atoms with Crippen LogP contribution < -0.4 is 15.4 Å². The lowest BCUT2D eigenvalue weighted by Gasteiger charge is -2.26. The van der Waals surface area contributed by atoms with E-state index in [1.54, 1.807) is 0 Å². The summed E-state index contributed by atoms with van der Waals surface area (Å²) in [6, 6.07) is 8.45. The predicted octanol–water partition coefficient (Wildman–Crippen LogP) is 2.26. The van der Waals surface area contributed by atoms with Crippen LogP contribution in [0.15, 0.2) is 24.3 Å². The van der Waals surface area contributed by atoms with Gasteiger partial charge in [0.25, 0.3) is 0 Å². The number of anilines is 1. The Morgan fingerprint density at radius 2 is 1.75 bits per heavy atom. The van der Waals surface area contributed by atoms with Crippen molar-refractivity contribution in [1.29, 1.82) is 0 Å². The lowest BCUT2D eigenvalue weighted by atomic mass is 10.2. The van der Waals surface area contributed by atoms with E-state index in [1.165, 1.54) is 0 Å². The van der Waals surface area contributed by atoms with Gasteiger partial charge in [0.15, 0.2) is 0 Å². The molecule has 0 spiro atoms. The predicted molar refractivity (Wildman–Crippen MR) is 69.1 cm³/mol. The molecule has 1 aromatic rings. The monoisotopic (exact) mass is 222 g/mol. The third kappa shape index (κ3) is 3.42. The molecular formula is C13H22N2O. The van der Waals surface area contributed by atoms with Gasteiger partial charge in [-0.2, -0.15) is 0 Å². The van der Waals surface area contributed by atoms with Crippen LogP contribution >= 0.6 is 0 Å². The third-order valence-corrected chi connectivity index (χ3v) is 2.62. The van der Waals surface area contributed by atoms with E-state index in [1.807, 2.05) is 26.0 Å². The standard InChI is InChI=1S/C13H22N2O/c1-10(2)16-13-7-5-12(6-8-13)15(4)11(3)9-14/h5-8,10-11H,9,14H2,1-4H3. The first-order valence-corrected chi connectivity index (χ1v) is 5.74. The Kier molecular flexibility index (Phi) is 4.62. The Bertz CT molecular complexity index is 308. The van der Waals surface area contributed by atoms with Crippen LogP contribution in [0.25, 0.3) is 0 Å². The molecule has 0 heterocycles. The highest BCUT2D eigenvalue weighted by molar-refractivity contribution is 5.49. The maximum atomic E-state index is 5.64. The topological polar surface area (TPSA) is 38.5 Å². The van der Waals surface area contributed by atoms with Crippen LogP contribution in [-0.4, -0.2) is 25.7 Å². The lowest BCUT2D eigenvalue weighted by molar-refractivity contribution is 0.242. The van der Waals surface area contributed by atoms with Gasteiger partial charge >= 0.3 is 0 Å². The SMILES string of the molecule is CC(C)Oc1ccc(N(C)C(C)CN)cc1. The summed E-state index contributed by atoms with van der Waals surface area (Å²) in [4.78, 5) is 2.17. The van der Waals surface area contributed by atoms with Crippen molar-refractivity contribution in [2.24, 2.45) is 5.73 Å². The minimum absolute atomic E-state index is 0.214. The minimum atomic E-state index is 0.214. The van der Waals surface area contributed by atoms with Crippen molar-refractivity contribution in [1.82, 2.24) is 0 Å². The highest BCUT2D eigenvalue weighted by Gasteiger charge is 2.07. The number of likely N-dealkylation sites (N-methyl/N-ethyl adjacent to an activating group) is 1. The number of nitrogens with zero attached hydrogens (tertiary/aromatic N) is 1. The highest BCUT2D eigenvalue weighted by atomic mass is 16.5. The first-order chi connectivity index (χ1) is 7.54. The van der Waals surface area contributed by atoms with Crippen molar-refractivity contribution in [2.75, 3.05) is 18.5 Å². The Balaban J connectivity index is 2.70. The van der Waals surface area contributed by atoms with Crippen LogP contribution in [0.4, 0.5) is 5.69 Å². The molecule has 16 heavy (non-hydrogen) atoms. The van der Waals surface area contributed by atoms with Crippen molar-refractivity contribution in [3.8, 4) is 5.75 Å². The summed E-state index contributed by atoms with van der Waals surface area (Å²) >= 11 is 0. The molecule has 0 saturated heterocycles. The molecule has 1 unspecified atom stereocenters. The summed E-state index contributed by atoms with van der Waals surface area (Å²) in [6.07, 6.45) is 0.214. The molecule has 0 aliphatic carbocycles. The number of hydrogen-bond donors (Lipinski definition) is 1. The van der Waals surface area contributed by atoms with Crippen molar-refractivity contribution >= 4 is 5.69 Å². The molecule has 0 fully saturated rings. The highest BCUT2D eigenvalue weighted by Crippen LogP contribution is 2.20. The van der Waals surface area contributed by atoms with Crippen molar-refractivity contribution in [2.45, 2.75) is 32.9 Å². The summed E-state index contributed by atoms with van der Waals surface area (Å²) in [6.45, 7) is 6.81. The van der Waals surface area contributed by atoms with Crippen molar-refractivity contribution < 1.29 is 4.74 Å². The second-order valence-electron chi connectivity index (χ2n) is 4.36. The van der Waals surface area contributed by atoms with Gasteiger partial charge in [0.1, 0.15) is 5.75 Å². The average molecular weight is 222 g/mol. The van der Waals surface area contributed by atoms with Crippen LogP contribution in [0.2, 0.25) is 0 Å².